The highest BCUT2D eigenvalue weighted by Crippen LogP contribution is 2.35. The van der Waals surface area contributed by atoms with Crippen LogP contribution >= 0.6 is 0 Å². The van der Waals surface area contributed by atoms with Gasteiger partial charge in [-0.1, -0.05) is 23.4 Å². The number of hydrogen-bond donors (Lipinski definition) is 0. The number of benzene rings is 1. The van der Waals surface area contributed by atoms with Crippen LogP contribution in [-0.4, -0.2) is 31.0 Å². The Hall–Kier alpha value is -3.13. The van der Waals surface area contributed by atoms with Gasteiger partial charge in [0.1, 0.15) is 0 Å². The molecular weight excluding hydrogens is 346 g/mol. The van der Waals surface area contributed by atoms with Gasteiger partial charge in [0, 0.05) is 29.9 Å². The third kappa shape index (κ3) is 3.85. The van der Waals surface area contributed by atoms with Crippen LogP contribution in [0.4, 0.5) is 5.69 Å². The second kappa shape index (κ2) is 7.24. The quantitative estimate of drug-likeness (QED) is 0.464. The number of aromatic nitrogens is 3. The van der Waals surface area contributed by atoms with Crippen molar-refractivity contribution in [1.29, 1.82) is 0 Å². The van der Waals surface area contributed by atoms with Crippen LogP contribution < -0.4 is 0 Å². The van der Waals surface area contributed by atoms with Crippen LogP contribution in [0, 0.1) is 10.1 Å². The lowest BCUT2D eigenvalue weighted by atomic mass is 10.1. The van der Waals surface area contributed by atoms with Gasteiger partial charge in [0.2, 0.25) is 11.7 Å². The Morgan fingerprint density at radius 2 is 2.15 bits per heavy atom. The lowest BCUT2D eigenvalue weighted by Crippen LogP contribution is -2.29. The van der Waals surface area contributed by atoms with Gasteiger partial charge in [0.15, 0.2) is 0 Å². The number of non-ortho nitro benzene ring substituents is 1. The number of nitro benzene ring substituents is 1. The molecule has 0 spiro atoms. The van der Waals surface area contributed by atoms with Gasteiger partial charge in [-0.05, 0) is 31.9 Å². The molecule has 0 amide bonds. The lowest BCUT2D eigenvalue weighted by molar-refractivity contribution is -0.384. The highest BCUT2D eigenvalue weighted by atomic mass is 16.6. The predicted octanol–water partition coefficient (Wildman–Crippen LogP) is 3.77. The summed E-state index contributed by atoms with van der Waals surface area (Å²) >= 11 is 0. The molecule has 4 rings (SSSR count). The van der Waals surface area contributed by atoms with Crippen molar-refractivity contribution in [3.63, 3.8) is 0 Å². The van der Waals surface area contributed by atoms with E-state index >= 15 is 0 Å². The van der Waals surface area contributed by atoms with Gasteiger partial charge in [-0.2, -0.15) is 4.98 Å². The van der Waals surface area contributed by atoms with E-state index in [2.05, 4.69) is 26.9 Å². The Balaban J connectivity index is 1.54. The summed E-state index contributed by atoms with van der Waals surface area (Å²) in [5.41, 5.74) is 1.57. The molecule has 0 N–H and O–H groups in total. The summed E-state index contributed by atoms with van der Waals surface area (Å²) in [4.78, 5) is 21.7. The van der Waals surface area contributed by atoms with Crippen LogP contribution in [0.25, 0.3) is 11.4 Å². The van der Waals surface area contributed by atoms with Gasteiger partial charge in [0.25, 0.3) is 5.69 Å². The van der Waals surface area contributed by atoms with Crippen molar-refractivity contribution in [2.45, 2.75) is 38.4 Å². The van der Waals surface area contributed by atoms with E-state index in [-0.39, 0.29) is 11.7 Å². The lowest BCUT2D eigenvalue weighted by Gasteiger charge is -2.27. The fourth-order valence-electron chi connectivity index (χ4n) is 3.13. The Bertz CT molecular complexity index is 939. The van der Waals surface area contributed by atoms with Gasteiger partial charge in [0.05, 0.1) is 23.2 Å². The van der Waals surface area contributed by atoms with Crippen molar-refractivity contribution in [3.8, 4) is 11.4 Å². The third-order valence-corrected chi connectivity index (χ3v) is 4.73. The van der Waals surface area contributed by atoms with Crippen LogP contribution in [0.3, 0.4) is 0 Å². The first kappa shape index (κ1) is 17.3. The smallest absolute Gasteiger partial charge is 0.270 e. The molecule has 0 aliphatic heterocycles. The molecule has 1 atom stereocenters. The maximum Gasteiger partial charge on any atom is 0.270 e. The zero-order valence-electron chi connectivity index (χ0n) is 14.9. The van der Waals surface area contributed by atoms with Crippen molar-refractivity contribution in [2.75, 3.05) is 0 Å². The van der Waals surface area contributed by atoms with Crippen LogP contribution in [-0.2, 0) is 6.54 Å². The topological polar surface area (TPSA) is 98.2 Å². The summed E-state index contributed by atoms with van der Waals surface area (Å²) in [6.07, 6.45) is 4.08. The summed E-state index contributed by atoms with van der Waals surface area (Å²) in [5.74, 6) is 0.848. The highest BCUT2D eigenvalue weighted by molar-refractivity contribution is 5.58. The van der Waals surface area contributed by atoms with Crippen LogP contribution in [0.15, 0.2) is 53.2 Å². The largest absolute Gasteiger partial charge is 0.338 e. The van der Waals surface area contributed by atoms with E-state index in [4.69, 9.17) is 4.52 Å². The van der Waals surface area contributed by atoms with Crippen molar-refractivity contribution in [3.05, 3.63) is 70.4 Å². The predicted molar refractivity (Wildman–Crippen MR) is 97.6 cm³/mol. The van der Waals surface area contributed by atoms with Crippen molar-refractivity contribution < 1.29 is 9.45 Å². The number of nitrogens with zero attached hydrogens (tertiary/aromatic N) is 5. The maximum atomic E-state index is 11.0. The van der Waals surface area contributed by atoms with Crippen molar-refractivity contribution in [2.24, 2.45) is 0 Å². The second-order valence-corrected chi connectivity index (χ2v) is 6.65. The molecule has 0 saturated heterocycles. The summed E-state index contributed by atoms with van der Waals surface area (Å²) in [6, 6.07) is 12.7. The van der Waals surface area contributed by atoms with Crippen LogP contribution in [0.2, 0.25) is 0 Å². The maximum absolute atomic E-state index is 11.0. The monoisotopic (exact) mass is 365 g/mol. The third-order valence-electron chi connectivity index (χ3n) is 4.73. The molecule has 2 heterocycles. The number of rotatable bonds is 7. The normalized spacial score (nSPS) is 15.0. The van der Waals surface area contributed by atoms with Crippen LogP contribution in [0.5, 0.6) is 0 Å². The molecule has 1 saturated carbocycles. The molecule has 2 aromatic heterocycles. The van der Waals surface area contributed by atoms with E-state index in [0.29, 0.717) is 29.9 Å². The Labute approximate surface area is 156 Å². The van der Waals surface area contributed by atoms with Crippen molar-refractivity contribution in [1.82, 2.24) is 20.0 Å². The molecule has 1 aliphatic carbocycles. The first-order chi connectivity index (χ1) is 13.1. The fourth-order valence-corrected chi connectivity index (χ4v) is 3.13. The Morgan fingerprint density at radius 3 is 2.85 bits per heavy atom. The van der Waals surface area contributed by atoms with Crippen molar-refractivity contribution >= 4 is 5.69 Å². The molecule has 1 aromatic carbocycles. The molecule has 0 unspecified atom stereocenters. The van der Waals surface area contributed by atoms with Gasteiger partial charge in [-0.3, -0.25) is 20.0 Å². The number of nitro groups is 1. The summed E-state index contributed by atoms with van der Waals surface area (Å²) in [5, 5.41) is 15.0. The summed E-state index contributed by atoms with van der Waals surface area (Å²) in [6.45, 7) is 2.64. The molecule has 27 heavy (non-hydrogen) atoms. The zero-order chi connectivity index (χ0) is 18.8. The van der Waals surface area contributed by atoms with Crippen LogP contribution in [0.1, 0.15) is 37.4 Å². The average Bonchev–Trinajstić information content (AvgIpc) is 3.44. The van der Waals surface area contributed by atoms with Gasteiger partial charge < -0.3 is 4.52 Å². The first-order valence-electron chi connectivity index (χ1n) is 8.86. The van der Waals surface area contributed by atoms with E-state index in [1.807, 2.05) is 18.2 Å². The minimum absolute atomic E-state index is 0.00207. The standard InChI is InChI=1S/C19H19N5O3/c1-13(17-7-2-3-10-20-17)23(15-8-9-15)12-18-21-19(22-27-18)14-5-4-6-16(11-14)24(25)26/h2-7,10-11,13,15H,8-9,12H2,1H3/t13-/m0/s1. The van der Waals surface area contributed by atoms with E-state index in [1.165, 1.54) is 12.1 Å². The summed E-state index contributed by atoms with van der Waals surface area (Å²) in [7, 11) is 0. The zero-order valence-corrected chi connectivity index (χ0v) is 14.9. The number of hydrogen-bond acceptors (Lipinski definition) is 7. The van der Waals surface area contributed by atoms with E-state index in [0.717, 1.165) is 18.5 Å². The molecule has 138 valence electrons. The molecular formula is C19H19N5O3. The molecule has 1 aliphatic rings. The number of pyridine rings is 1. The molecule has 8 nitrogen and oxygen atoms in total. The fraction of sp³-hybridized carbons (Fsp3) is 0.316. The molecule has 0 radical (unpaired) electrons. The second-order valence-electron chi connectivity index (χ2n) is 6.65. The molecule has 3 aromatic rings. The van der Waals surface area contributed by atoms with Gasteiger partial charge >= 0.3 is 0 Å². The minimum atomic E-state index is -0.437. The van der Waals surface area contributed by atoms with Gasteiger partial charge in [-0.15, -0.1) is 0 Å². The van der Waals surface area contributed by atoms with E-state index in [9.17, 15) is 10.1 Å². The average molecular weight is 365 g/mol. The van der Waals surface area contributed by atoms with E-state index < -0.39 is 4.92 Å². The minimum Gasteiger partial charge on any atom is -0.338 e. The SMILES string of the molecule is C[C@@H](c1ccccn1)N(Cc1nc(-c2cccc([N+](=O)[O-])c2)no1)C1CC1. The summed E-state index contributed by atoms with van der Waals surface area (Å²) < 4.78 is 5.42. The molecule has 1 fully saturated rings. The van der Waals surface area contributed by atoms with E-state index in [1.54, 1.807) is 18.3 Å². The van der Waals surface area contributed by atoms with Gasteiger partial charge in [-0.25, -0.2) is 0 Å². The Kier molecular flexibility index (Phi) is 4.64. The highest BCUT2D eigenvalue weighted by Gasteiger charge is 2.34. The molecule has 8 heteroatoms. The Morgan fingerprint density at radius 1 is 1.30 bits per heavy atom. The molecule has 0 bridgehead atoms. The first-order valence-corrected chi connectivity index (χ1v) is 8.86.